The smallest absolute Gasteiger partial charge is 0.261 e. The maximum Gasteiger partial charge on any atom is 0.261 e. The molecule has 1 heterocycles. The van der Waals surface area contributed by atoms with Crippen LogP contribution in [-0.2, 0) is 11.3 Å². The van der Waals surface area contributed by atoms with Gasteiger partial charge >= 0.3 is 0 Å². The summed E-state index contributed by atoms with van der Waals surface area (Å²) in [6.07, 6.45) is 3.66. The summed E-state index contributed by atoms with van der Waals surface area (Å²) < 4.78 is 7.78. The van der Waals surface area contributed by atoms with E-state index < -0.39 is 6.10 Å². The molecule has 140 valence electrons. The molecule has 1 amide bonds. The zero-order valence-electron chi connectivity index (χ0n) is 15.4. The molecule has 1 aromatic heterocycles. The van der Waals surface area contributed by atoms with E-state index in [0.29, 0.717) is 23.7 Å². The van der Waals surface area contributed by atoms with Crippen molar-refractivity contribution in [2.45, 2.75) is 32.9 Å². The number of ether oxygens (including phenoxy) is 1. The monoisotopic (exact) mass is 383 g/mol. The van der Waals surface area contributed by atoms with Crippen LogP contribution in [0.4, 0.5) is 0 Å². The molecule has 0 spiro atoms. The van der Waals surface area contributed by atoms with Crippen molar-refractivity contribution in [3.63, 3.8) is 0 Å². The summed E-state index contributed by atoms with van der Waals surface area (Å²) >= 11 is 6.11. The minimum Gasteiger partial charge on any atom is -0.479 e. The third-order valence-corrected chi connectivity index (χ3v) is 4.59. The number of carbonyl (C=O) groups is 1. The first-order valence-corrected chi connectivity index (χ1v) is 9.24. The average Bonchev–Trinajstić information content (AvgIpc) is 3.12. The van der Waals surface area contributed by atoms with Crippen LogP contribution < -0.4 is 10.1 Å². The Morgan fingerprint density at radius 2 is 1.96 bits per heavy atom. The molecular formula is C21H22ClN3O2. The number of para-hydroxylation sites is 1. The number of hydrogen-bond acceptors (Lipinski definition) is 3. The summed E-state index contributed by atoms with van der Waals surface area (Å²) in [7, 11) is 0. The fourth-order valence-corrected chi connectivity index (χ4v) is 2.92. The molecule has 0 fully saturated rings. The van der Waals surface area contributed by atoms with Gasteiger partial charge < -0.3 is 14.6 Å². The molecule has 0 saturated carbocycles. The second kappa shape index (κ2) is 8.73. The van der Waals surface area contributed by atoms with Gasteiger partial charge in [0.25, 0.3) is 5.91 Å². The number of benzene rings is 2. The second-order valence-corrected chi connectivity index (χ2v) is 6.58. The lowest BCUT2D eigenvalue weighted by atomic mass is 10.2. The Labute approximate surface area is 164 Å². The Balaban J connectivity index is 1.59. The molecule has 1 atom stereocenters. The average molecular weight is 384 g/mol. The molecule has 0 aliphatic heterocycles. The zero-order chi connectivity index (χ0) is 19.2. The molecular weight excluding hydrogens is 362 g/mol. The van der Waals surface area contributed by atoms with Crippen molar-refractivity contribution in [3.8, 4) is 11.4 Å². The van der Waals surface area contributed by atoms with Crippen LogP contribution in [0.15, 0.2) is 60.9 Å². The quantitative estimate of drug-likeness (QED) is 0.661. The highest BCUT2D eigenvalue weighted by molar-refractivity contribution is 6.32. The van der Waals surface area contributed by atoms with E-state index in [0.717, 1.165) is 17.1 Å². The van der Waals surface area contributed by atoms with Crippen molar-refractivity contribution in [1.29, 1.82) is 0 Å². The minimum absolute atomic E-state index is 0.160. The molecule has 0 aliphatic rings. The van der Waals surface area contributed by atoms with E-state index in [1.807, 2.05) is 61.0 Å². The Morgan fingerprint density at radius 1 is 1.22 bits per heavy atom. The van der Waals surface area contributed by atoms with Gasteiger partial charge in [0.1, 0.15) is 11.6 Å². The summed E-state index contributed by atoms with van der Waals surface area (Å²) in [4.78, 5) is 16.7. The molecule has 6 heteroatoms. The van der Waals surface area contributed by atoms with E-state index in [-0.39, 0.29) is 5.91 Å². The van der Waals surface area contributed by atoms with E-state index in [1.54, 1.807) is 18.3 Å². The predicted octanol–water partition coefficient (Wildman–Crippen LogP) is 4.31. The molecule has 5 nitrogen and oxygen atoms in total. The number of hydrogen-bond donors (Lipinski definition) is 1. The van der Waals surface area contributed by atoms with E-state index in [4.69, 9.17) is 16.3 Å². The lowest BCUT2D eigenvalue weighted by Gasteiger charge is -2.18. The van der Waals surface area contributed by atoms with Crippen LogP contribution in [0.1, 0.15) is 24.7 Å². The second-order valence-electron chi connectivity index (χ2n) is 6.17. The number of imidazole rings is 1. The first-order valence-electron chi connectivity index (χ1n) is 8.86. The van der Waals surface area contributed by atoms with Crippen LogP contribution in [-0.4, -0.2) is 21.6 Å². The van der Waals surface area contributed by atoms with Gasteiger partial charge in [0.05, 0.1) is 5.02 Å². The number of nitrogens with one attached hydrogen (secondary N) is 1. The summed E-state index contributed by atoms with van der Waals surface area (Å²) in [5, 5.41) is 3.42. The molecule has 0 radical (unpaired) electrons. The van der Waals surface area contributed by atoms with Gasteiger partial charge in [-0.05, 0) is 43.2 Å². The SMILES string of the molecule is CC[C@H](Oc1ccccc1Cl)C(=O)NCc1ccc(-n2ccnc2C)cc1. The maximum atomic E-state index is 12.5. The van der Waals surface area contributed by atoms with E-state index >= 15 is 0 Å². The van der Waals surface area contributed by atoms with Crippen LogP contribution in [0.2, 0.25) is 5.02 Å². The normalized spacial score (nSPS) is 11.8. The van der Waals surface area contributed by atoms with Crippen molar-refractivity contribution in [3.05, 3.63) is 77.3 Å². The Hall–Kier alpha value is -2.79. The first-order chi connectivity index (χ1) is 13.1. The van der Waals surface area contributed by atoms with Gasteiger partial charge in [-0.3, -0.25) is 4.79 Å². The molecule has 1 N–H and O–H groups in total. The largest absolute Gasteiger partial charge is 0.479 e. The van der Waals surface area contributed by atoms with E-state index in [2.05, 4.69) is 10.3 Å². The van der Waals surface area contributed by atoms with Gasteiger partial charge in [-0.15, -0.1) is 0 Å². The first kappa shape index (κ1) is 19.0. The lowest BCUT2D eigenvalue weighted by molar-refractivity contribution is -0.128. The number of nitrogens with zero attached hydrogens (tertiary/aromatic N) is 2. The molecule has 0 saturated heterocycles. The standard InChI is InChI=1S/C21H22ClN3O2/c1-3-19(27-20-7-5-4-6-18(20)22)21(26)24-14-16-8-10-17(11-9-16)25-13-12-23-15(25)2/h4-13,19H,3,14H2,1-2H3,(H,24,26)/t19-/m0/s1. The molecule has 3 rings (SSSR count). The summed E-state index contributed by atoms with van der Waals surface area (Å²) in [6, 6.07) is 15.2. The molecule has 27 heavy (non-hydrogen) atoms. The minimum atomic E-state index is -0.585. The summed E-state index contributed by atoms with van der Waals surface area (Å²) in [6.45, 7) is 4.30. The summed E-state index contributed by atoms with van der Waals surface area (Å²) in [5.74, 6) is 1.28. The molecule has 0 bridgehead atoms. The van der Waals surface area contributed by atoms with E-state index in [1.165, 1.54) is 0 Å². The summed E-state index contributed by atoms with van der Waals surface area (Å²) in [5.41, 5.74) is 2.05. The Morgan fingerprint density at radius 3 is 2.59 bits per heavy atom. The van der Waals surface area contributed by atoms with Gasteiger partial charge in [-0.2, -0.15) is 0 Å². The highest BCUT2D eigenvalue weighted by atomic mass is 35.5. The zero-order valence-corrected chi connectivity index (χ0v) is 16.1. The molecule has 0 unspecified atom stereocenters. The Bertz CT molecular complexity index is 906. The number of aromatic nitrogens is 2. The number of amides is 1. The predicted molar refractivity (Wildman–Crippen MR) is 106 cm³/mol. The van der Waals surface area contributed by atoms with Crippen molar-refractivity contribution in [2.75, 3.05) is 0 Å². The lowest BCUT2D eigenvalue weighted by Crippen LogP contribution is -2.37. The fraction of sp³-hybridized carbons (Fsp3) is 0.238. The van der Waals surface area contributed by atoms with Crippen molar-refractivity contribution in [1.82, 2.24) is 14.9 Å². The number of aryl methyl sites for hydroxylation is 1. The van der Waals surface area contributed by atoms with Gasteiger partial charge in [0.15, 0.2) is 6.10 Å². The maximum absolute atomic E-state index is 12.5. The number of carbonyl (C=O) groups excluding carboxylic acids is 1. The van der Waals surface area contributed by atoms with Crippen LogP contribution in [0.25, 0.3) is 5.69 Å². The Kier molecular flexibility index (Phi) is 6.14. The molecule has 2 aromatic carbocycles. The van der Waals surface area contributed by atoms with Crippen LogP contribution in [0.3, 0.4) is 0 Å². The van der Waals surface area contributed by atoms with Crippen molar-refractivity contribution in [2.24, 2.45) is 0 Å². The highest BCUT2D eigenvalue weighted by Gasteiger charge is 2.19. The van der Waals surface area contributed by atoms with Crippen molar-refractivity contribution >= 4 is 17.5 Å². The van der Waals surface area contributed by atoms with E-state index in [9.17, 15) is 4.79 Å². The van der Waals surface area contributed by atoms with Crippen LogP contribution in [0.5, 0.6) is 5.75 Å². The van der Waals surface area contributed by atoms with Crippen LogP contribution >= 0.6 is 11.6 Å². The molecule has 3 aromatic rings. The fourth-order valence-electron chi connectivity index (χ4n) is 2.74. The van der Waals surface area contributed by atoms with Crippen molar-refractivity contribution < 1.29 is 9.53 Å². The van der Waals surface area contributed by atoms with Gasteiger partial charge in [0, 0.05) is 24.6 Å². The van der Waals surface area contributed by atoms with Gasteiger partial charge in [0.2, 0.25) is 0 Å². The highest BCUT2D eigenvalue weighted by Crippen LogP contribution is 2.24. The third-order valence-electron chi connectivity index (χ3n) is 4.28. The third kappa shape index (κ3) is 4.68. The number of rotatable bonds is 7. The topological polar surface area (TPSA) is 56.1 Å². The van der Waals surface area contributed by atoms with Gasteiger partial charge in [-0.25, -0.2) is 4.98 Å². The molecule has 0 aliphatic carbocycles. The van der Waals surface area contributed by atoms with Crippen LogP contribution in [0, 0.1) is 6.92 Å². The number of halogens is 1. The van der Waals surface area contributed by atoms with Gasteiger partial charge in [-0.1, -0.05) is 42.8 Å².